The first-order valence-electron chi connectivity index (χ1n) is 8.28. The van der Waals surface area contributed by atoms with Gasteiger partial charge in [0.05, 0.1) is 29.5 Å². The second kappa shape index (κ2) is 7.65. The Hall–Kier alpha value is -1.46. The maximum Gasteiger partial charge on any atom is 0.414 e. The lowest BCUT2D eigenvalue weighted by molar-refractivity contribution is 0.143. The van der Waals surface area contributed by atoms with Crippen LogP contribution in [0.5, 0.6) is 0 Å². The van der Waals surface area contributed by atoms with E-state index in [1.54, 1.807) is 19.1 Å². The maximum atomic E-state index is 14.6. The minimum atomic E-state index is -2.74. The third-order valence-corrected chi connectivity index (χ3v) is 6.08. The molecule has 26 heavy (non-hydrogen) atoms. The van der Waals surface area contributed by atoms with Crippen molar-refractivity contribution in [3.8, 4) is 0 Å². The van der Waals surface area contributed by atoms with Gasteiger partial charge in [-0.3, -0.25) is 14.0 Å². The lowest BCUT2D eigenvalue weighted by Crippen LogP contribution is -2.34. The Morgan fingerprint density at radius 1 is 1.54 bits per heavy atom. The van der Waals surface area contributed by atoms with Crippen molar-refractivity contribution in [3.05, 3.63) is 29.6 Å². The number of rotatable bonds is 4. The molecule has 1 amide bonds. The highest BCUT2D eigenvalue weighted by molar-refractivity contribution is 8.22. The summed E-state index contributed by atoms with van der Waals surface area (Å²) in [5, 5.41) is 2.96. The number of benzene rings is 1. The molecule has 0 aliphatic carbocycles. The number of hydrogen-bond donors (Lipinski definition) is 4. The molecule has 4 N–H and O–H groups in total. The number of nitrogens with one attached hydrogen (secondary N) is 2. The van der Waals surface area contributed by atoms with Gasteiger partial charge in [-0.15, -0.1) is 10.8 Å². The van der Waals surface area contributed by atoms with Crippen LogP contribution < -0.4 is 14.9 Å². The van der Waals surface area contributed by atoms with Gasteiger partial charge in [-0.1, -0.05) is 18.3 Å². The number of anilines is 1. The standard InChI is InChI=1S/C16H22FN3O4S2/c1-10(25)18-8-13-9-20(16(21)24-13)12-2-3-14(15(17)6-12)11-4-5-26(22,23)19-7-11/h2-3,6,11,13,19,22-23H,4-5,7-9H2,1H3,(H,18,25)/t11?,13-/m0/s1. The number of nitrogens with zero attached hydrogens (tertiary/aromatic N) is 1. The molecule has 2 fully saturated rings. The van der Waals surface area contributed by atoms with E-state index in [-0.39, 0.29) is 17.8 Å². The molecule has 0 bridgehead atoms. The first-order valence-corrected chi connectivity index (χ1v) is 10.4. The van der Waals surface area contributed by atoms with Crippen molar-refractivity contribution >= 4 is 39.8 Å². The van der Waals surface area contributed by atoms with E-state index in [0.29, 0.717) is 42.3 Å². The predicted octanol–water partition coefficient (Wildman–Crippen LogP) is 2.83. The summed E-state index contributed by atoms with van der Waals surface area (Å²) >= 11 is 4.94. The van der Waals surface area contributed by atoms with Crippen LogP contribution in [0, 0.1) is 5.82 Å². The van der Waals surface area contributed by atoms with Crippen LogP contribution in [0.4, 0.5) is 14.9 Å². The van der Waals surface area contributed by atoms with Crippen LogP contribution in [0.3, 0.4) is 0 Å². The Morgan fingerprint density at radius 3 is 2.92 bits per heavy atom. The number of hydrogen-bond acceptors (Lipinski definition) is 6. The third kappa shape index (κ3) is 4.44. The van der Waals surface area contributed by atoms with Gasteiger partial charge in [-0.2, -0.15) is 0 Å². The van der Waals surface area contributed by atoms with Crippen LogP contribution in [-0.4, -0.2) is 51.7 Å². The van der Waals surface area contributed by atoms with E-state index in [9.17, 15) is 18.3 Å². The number of ether oxygens (including phenoxy) is 1. The van der Waals surface area contributed by atoms with Crippen molar-refractivity contribution in [1.29, 1.82) is 0 Å². The van der Waals surface area contributed by atoms with Gasteiger partial charge in [0.25, 0.3) is 0 Å². The van der Waals surface area contributed by atoms with Crippen LogP contribution in [0.2, 0.25) is 0 Å². The number of carbonyl (C=O) groups excluding carboxylic acids is 1. The first-order chi connectivity index (χ1) is 12.2. The van der Waals surface area contributed by atoms with Gasteiger partial charge in [0.2, 0.25) is 0 Å². The number of thiocarbonyl (C=S) groups is 1. The Balaban J connectivity index is 1.68. The second-order valence-corrected chi connectivity index (χ2v) is 9.11. The summed E-state index contributed by atoms with van der Waals surface area (Å²) in [5.74, 6) is -0.362. The smallest absolute Gasteiger partial charge is 0.414 e. The second-order valence-electron chi connectivity index (χ2n) is 6.46. The Morgan fingerprint density at radius 2 is 2.31 bits per heavy atom. The molecule has 3 rings (SSSR count). The molecule has 2 heterocycles. The summed E-state index contributed by atoms with van der Waals surface area (Å²) in [6, 6.07) is 4.66. The Kier molecular flexibility index (Phi) is 5.68. The van der Waals surface area contributed by atoms with E-state index in [2.05, 4.69) is 10.0 Å². The summed E-state index contributed by atoms with van der Waals surface area (Å²) in [5.41, 5.74) is 0.934. The molecule has 0 aromatic heterocycles. The topological polar surface area (TPSA) is 94.1 Å². The van der Waals surface area contributed by atoms with Gasteiger partial charge in [0.15, 0.2) is 0 Å². The summed E-state index contributed by atoms with van der Waals surface area (Å²) in [7, 11) is -2.74. The molecule has 1 aromatic rings. The van der Waals surface area contributed by atoms with Gasteiger partial charge < -0.3 is 10.1 Å². The molecule has 10 heteroatoms. The lowest BCUT2D eigenvalue weighted by atomic mass is 9.95. The average molecular weight is 404 g/mol. The van der Waals surface area contributed by atoms with E-state index in [1.165, 1.54) is 11.0 Å². The van der Waals surface area contributed by atoms with Gasteiger partial charge in [-0.25, -0.2) is 13.9 Å². The predicted molar refractivity (Wildman–Crippen MR) is 103 cm³/mol. The van der Waals surface area contributed by atoms with Crippen molar-refractivity contribution in [1.82, 2.24) is 10.0 Å². The zero-order valence-corrected chi connectivity index (χ0v) is 15.9. The van der Waals surface area contributed by atoms with E-state index in [4.69, 9.17) is 17.0 Å². The number of amides is 1. The fourth-order valence-corrected chi connectivity index (χ4v) is 4.40. The minimum absolute atomic E-state index is 0.142. The molecule has 2 saturated heterocycles. The first kappa shape index (κ1) is 19.3. The number of carbonyl (C=O) groups is 1. The van der Waals surface area contributed by atoms with Crippen LogP contribution in [0.1, 0.15) is 24.8 Å². The fourth-order valence-electron chi connectivity index (χ4n) is 3.09. The highest BCUT2D eigenvalue weighted by Gasteiger charge is 2.33. The molecule has 144 valence electrons. The third-order valence-electron chi connectivity index (χ3n) is 4.50. The largest absolute Gasteiger partial charge is 0.442 e. The monoisotopic (exact) mass is 403 g/mol. The van der Waals surface area contributed by atoms with E-state index in [0.717, 1.165) is 0 Å². The minimum Gasteiger partial charge on any atom is -0.442 e. The van der Waals surface area contributed by atoms with Crippen LogP contribution >= 0.6 is 23.0 Å². The Labute approximate surface area is 158 Å². The molecule has 2 aliphatic rings. The van der Waals surface area contributed by atoms with Gasteiger partial charge in [-0.05, 0) is 31.0 Å². The summed E-state index contributed by atoms with van der Waals surface area (Å²) in [6.07, 6.45) is -0.377. The molecule has 7 nitrogen and oxygen atoms in total. The zero-order valence-electron chi connectivity index (χ0n) is 14.3. The number of cyclic esters (lactones) is 1. The van der Waals surface area contributed by atoms with E-state index in [1.807, 2.05) is 0 Å². The van der Waals surface area contributed by atoms with Crippen molar-refractivity contribution in [3.63, 3.8) is 0 Å². The normalized spacial score (nSPS) is 26.3. The van der Waals surface area contributed by atoms with E-state index >= 15 is 0 Å². The zero-order chi connectivity index (χ0) is 18.9. The van der Waals surface area contributed by atoms with Crippen molar-refractivity contribution in [2.24, 2.45) is 0 Å². The van der Waals surface area contributed by atoms with Crippen LogP contribution in [0.15, 0.2) is 18.2 Å². The van der Waals surface area contributed by atoms with Crippen molar-refractivity contribution in [2.75, 3.05) is 30.3 Å². The average Bonchev–Trinajstić information content (AvgIpc) is 2.94. The van der Waals surface area contributed by atoms with Crippen LogP contribution in [-0.2, 0) is 4.74 Å². The molecule has 1 unspecified atom stereocenters. The molecule has 0 radical (unpaired) electrons. The SMILES string of the molecule is CC(=S)NC[C@H]1CN(c2ccc(C3CCS(O)(O)NC3)c(F)c2)C(=O)O1. The van der Waals surface area contributed by atoms with Gasteiger partial charge in [0.1, 0.15) is 11.9 Å². The molecule has 1 aromatic carbocycles. The summed E-state index contributed by atoms with van der Waals surface area (Å²) in [6.45, 7) is 2.78. The van der Waals surface area contributed by atoms with Gasteiger partial charge in [0, 0.05) is 12.5 Å². The fraction of sp³-hybridized carbons (Fsp3) is 0.500. The van der Waals surface area contributed by atoms with E-state index < -0.39 is 22.7 Å². The Bertz CT molecular complexity index is 709. The molecular weight excluding hydrogens is 381 g/mol. The van der Waals surface area contributed by atoms with Crippen molar-refractivity contribution < 1.29 is 23.0 Å². The summed E-state index contributed by atoms with van der Waals surface area (Å²) < 4.78 is 41.7. The molecular formula is C16H22FN3O4S2. The molecule has 2 atom stereocenters. The van der Waals surface area contributed by atoms with Crippen LogP contribution in [0.25, 0.3) is 0 Å². The highest BCUT2D eigenvalue weighted by atomic mass is 32.3. The molecule has 0 saturated carbocycles. The van der Waals surface area contributed by atoms with Gasteiger partial charge >= 0.3 is 6.09 Å². The quantitative estimate of drug-likeness (QED) is 0.575. The maximum absolute atomic E-state index is 14.6. The highest BCUT2D eigenvalue weighted by Crippen LogP contribution is 2.42. The molecule has 2 aliphatic heterocycles. The summed E-state index contributed by atoms with van der Waals surface area (Å²) in [4.78, 5) is 14.1. The lowest BCUT2D eigenvalue weighted by Gasteiger charge is -2.40. The molecule has 0 spiro atoms. The van der Waals surface area contributed by atoms with Crippen molar-refractivity contribution in [2.45, 2.75) is 25.4 Å². The number of halogens is 1.